The molecule has 1 aliphatic rings. The second kappa shape index (κ2) is 8.40. The Balaban J connectivity index is 1.50. The molecule has 1 aliphatic carbocycles. The highest BCUT2D eigenvalue weighted by molar-refractivity contribution is 9.10. The Kier molecular flexibility index (Phi) is 6.85. The van der Waals surface area contributed by atoms with E-state index in [4.69, 9.17) is 4.74 Å². The summed E-state index contributed by atoms with van der Waals surface area (Å²) in [6.45, 7) is 5.07. The Morgan fingerprint density at radius 2 is 2.16 bits per heavy atom. The van der Waals surface area contributed by atoms with Crippen molar-refractivity contribution >= 4 is 27.3 Å². The van der Waals surface area contributed by atoms with Gasteiger partial charge in [0.15, 0.2) is 0 Å². The van der Waals surface area contributed by atoms with Crippen LogP contribution in [0.25, 0.3) is 0 Å². The number of halogens is 1. The zero-order valence-electron chi connectivity index (χ0n) is 11.7. The molecule has 0 saturated heterocycles. The second-order valence-electron chi connectivity index (χ2n) is 5.28. The molecule has 2 rings (SSSR count). The highest BCUT2D eigenvalue weighted by Crippen LogP contribution is 2.26. The van der Waals surface area contributed by atoms with E-state index in [1.54, 1.807) is 0 Å². The molecular weight excluding hydrogens is 322 g/mol. The van der Waals surface area contributed by atoms with Crippen LogP contribution in [-0.4, -0.2) is 19.3 Å². The maximum absolute atomic E-state index is 5.91. The molecular formula is C15H24BrNOS. The van der Waals surface area contributed by atoms with Crippen LogP contribution in [0.1, 0.15) is 48.3 Å². The van der Waals surface area contributed by atoms with E-state index in [0.29, 0.717) is 6.10 Å². The fourth-order valence-corrected chi connectivity index (χ4v) is 4.07. The van der Waals surface area contributed by atoms with Gasteiger partial charge in [-0.15, -0.1) is 11.3 Å². The largest absolute Gasteiger partial charge is 0.378 e. The van der Waals surface area contributed by atoms with Gasteiger partial charge in [-0.1, -0.05) is 19.3 Å². The number of aryl methyl sites for hydroxylation is 1. The Morgan fingerprint density at radius 1 is 1.37 bits per heavy atom. The highest BCUT2D eigenvalue weighted by atomic mass is 79.9. The first-order chi connectivity index (χ1) is 9.25. The number of nitrogens with one attached hydrogen (secondary N) is 1. The molecule has 1 fully saturated rings. The smallest absolute Gasteiger partial charge is 0.0575 e. The van der Waals surface area contributed by atoms with Gasteiger partial charge in [0, 0.05) is 27.4 Å². The van der Waals surface area contributed by atoms with Crippen LogP contribution in [-0.2, 0) is 11.3 Å². The minimum atomic E-state index is 0.546. The van der Waals surface area contributed by atoms with E-state index >= 15 is 0 Å². The van der Waals surface area contributed by atoms with Gasteiger partial charge in [-0.25, -0.2) is 0 Å². The summed E-state index contributed by atoms with van der Waals surface area (Å²) < 4.78 is 7.14. The summed E-state index contributed by atoms with van der Waals surface area (Å²) in [6, 6.07) is 2.21. The number of hydrogen-bond donors (Lipinski definition) is 1. The van der Waals surface area contributed by atoms with E-state index in [2.05, 4.69) is 34.2 Å². The minimum absolute atomic E-state index is 0.546. The van der Waals surface area contributed by atoms with Crippen LogP contribution in [0.15, 0.2) is 10.5 Å². The van der Waals surface area contributed by atoms with Gasteiger partial charge in [-0.05, 0) is 54.7 Å². The van der Waals surface area contributed by atoms with Crippen LogP contribution in [0.4, 0.5) is 0 Å². The first kappa shape index (κ1) is 15.5. The molecule has 1 saturated carbocycles. The van der Waals surface area contributed by atoms with E-state index in [1.807, 2.05) is 11.3 Å². The van der Waals surface area contributed by atoms with E-state index in [-0.39, 0.29) is 0 Å². The lowest BCUT2D eigenvalue weighted by atomic mass is 9.98. The summed E-state index contributed by atoms with van der Waals surface area (Å²) in [5.41, 5.74) is 0. The van der Waals surface area contributed by atoms with Gasteiger partial charge in [0.2, 0.25) is 0 Å². The predicted octanol–water partition coefficient (Wildman–Crippen LogP) is 4.65. The molecule has 0 spiro atoms. The second-order valence-corrected chi connectivity index (χ2v) is 7.47. The predicted molar refractivity (Wildman–Crippen MR) is 85.9 cm³/mol. The molecule has 4 heteroatoms. The summed E-state index contributed by atoms with van der Waals surface area (Å²) in [4.78, 5) is 2.76. The van der Waals surface area contributed by atoms with Crippen molar-refractivity contribution < 1.29 is 4.74 Å². The van der Waals surface area contributed by atoms with Crippen molar-refractivity contribution in [3.05, 3.63) is 20.3 Å². The Bertz CT molecular complexity index is 355. The van der Waals surface area contributed by atoms with Crippen molar-refractivity contribution in [1.29, 1.82) is 0 Å². The van der Waals surface area contributed by atoms with Crippen LogP contribution in [0, 0.1) is 6.92 Å². The maximum Gasteiger partial charge on any atom is 0.0575 e. The molecule has 0 radical (unpaired) electrons. The lowest BCUT2D eigenvalue weighted by molar-refractivity contribution is 0.0273. The van der Waals surface area contributed by atoms with Crippen molar-refractivity contribution in [2.75, 3.05) is 13.2 Å². The molecule has 2 nitrogen and oxygen atoms in total. The topological polar surface area (TPSA) is 21.3 Å². The van der Waals surface area contributed by atoms with Crippen LogP contribution in [0.3, 0.4) is 0 Å². The fraction of sp³-hybridized carbons (Fsp3) is 0.733. The third-order valence-corrected chi connectivity index (χ3v) is 5.75. The van der Waals surface area contributed by atoms with Gasteiger partial charge < -0.3 is 10.1 Å². The van der Waals surface area contributed by atoms with Crippen molar-refractivity contribution in [3.63, 3.8) is 0 Å². The Morgan fingerprint density at radius 3 is 2.84 bits per heavy atom. The van der Waals surface area contributed by atoms with Crippen LogP contribution < -0.4 is 5.32 Å². The third-order valence-electron chi connectivity index (χ3n) is 3.61. The lowest BCUT2D eigenvalue weighted by Crippen LogP contribution is -2.20. The Hall–Kier alpha value is 0.100. The van der Waals surface area contributed by atoms with Crippen molar-refractivity contribution in [2.45, 2.75) is 58.1 Å². The molecule has 19 heavy (non-hydrogen) atoms. The van der Waals surface area contributed by atoms with Crippen molar-refractivity contribution in [2.24, 2.45) is 0 Å². The molecule has 0 bridgehead atoms. The molecule has 108 valence electrons. The molecule has 1 heterocycles. The van der Waals surface area contributed by atoms with Crippen LogP contribution >= 0.6 is 27.3 Å². The molecule has 1 N–H and O–H groups in total. The van der Waals surface area contributed by atoms with Crippen LogP contribution in [0.5, 0.6) is 0 Å². The van der Waals surface area contributed by atoms with Gasteiger partial charge in [0.1, 0.15) is 0 Å². The molecule has 0 atom stereocenters. The lowest BCUT2D eigenvalue weighted by Gasteiger charge is -2.21. The number of thiophene rings is 1. The molecule has 1 aromatic rings. The van der Waals surface area contributed by atoms with Crippen molar-refractivity contribution in [1.82, 2.24) is 5.32 Å². The SMILES string of the molecule is Cc1sc(CNCCCOC2CCCCC2)cc1Br. The molecule has 0 aromatic carbocycles. The summed E-state index contributed by atoms with van der Waals surface area (Å²) in [7, 11) is 0. The van der Waals surface area contributed by atoms with E-state index in [9.17, 15) is 0 Å². The Labute approximate surface area is 129 Å². The normalized spacial score (nSPS) is 16.9. The summed E-state index contributed by atoms with van der Waals surface area (Å²) in [6.07, 6.45) is 8.32. The number of rotatable bonds is 7. The van der Waals surface area contributed by atoms with Crippen molar-refractivity contribution in [3.8, 4) is 0 Å². The zero-order chi connectivity index (χ0) is 13.5. The van der Waals surface area contributed by atoms with Gasteiger partial charge in [-0.3, -0.25) is 0 Å². The van der Waals surface area contributed by atoms with Gasteiger partial charge in [0.05, 0.1) is 6.10 Å². The monoisotopic (exact) mass is 345 g/mol. The average molecular weight is 346 g/mol. The highest BCUT2D eigenvalue weighted by Gasteiger charge is 2.12. The maximum atomic E-state index is 5.91. The van der Waals surface area contributed by atoms with Gasteiger partial charge >= 0.3 is 0 Å². The molecule has 1 aromatic heterocycles. The molecule has 0 aliphatic heterocycles. The fourth-order valence-electron chi connectivity index (χ4n) is 2.50. The van der Waals surface area contributed by atoms with Gasteiger partial charge in [0.25, 0.3) is 0 Å². The first-order valence-electron chi connectivity index (χ1n) is 7.33. The summed E-state index contributed by atoms with van der Waals surface area (Å²) in [5, 5.41) is 3.49. The number of ether oxygens (including phenoxy) is 1. The summed E-state index contributed by atoms with van der Waals surface area (Å²) >= 11 is 5.42. The van der Waals surface area contributed by atoms with Crippen LogP contribution in [0.2, 0.25) is 0 Å². The zero-order valence-corrected chi connectivity index (χ0v) is 14.1. The van der Waals surface area contributed by atoms with E-state index in [1.165, 1.54) is 46.3 Å². The van der Waals surface area contributed by atoms with Gasteiger partial charge in [-0.2, -0.15) is 0 Å². The quantitative estimate of drug-likeness (QED) is 0.726. The first-order valence-corrected chi connectivity index (χ1v) is 8.94. The third kappa shape index (κ3) is 5.54. The molecule has 0 amide bonds. The average Bonchev–Trinajstić information content (AvgIpc) is 2.74. The standard InChI is InChI=1S/C15H24BrNOS/c1-12-15(16)10-14(19-12)11-17-8-5-9-18-13-6-3-2-4-7-13/h10,13,17H,2-9,11H2,1H3. The minimum Gasteiger partial charge on any atom is -0.378 e. The molecule has 0 unspecified atom stereocenters. The summed E-state index contributed by atoms with van der Waals surface area (Å²) in [5.74, 6) is 0. The number of hydrogen-bond acceptors (Lipinski definition) is 3. The van der Waals surface area contributed by atoms with E-state index in [0.717, 1.165) is 26.1 Å². The van der Waals surface area contributed by atoms with E-state index < -0.39 is 0 Å².